The van der Waals surface area contributed by atoms with Gasteiger partial charge in [0.25, 0.3) is 0 Å². The van der Waals surface area contributed by atoms with E-state index in [0.717, 1.165) is 13.0 Å². The molecule has 5 nitrogen and oxygen atoms in total. The normalized spacial score (nSPS) is 14.8. The van der Waals surface area contributed by atoms with Gasteiger partial charge < -0.3 is 10.4 Å². The van der Waals surface area contributed by atoms with Gasteiger partial charge in [0.05, 0.1) is 0 Å². The van der Waals surface area contributed by atoms with Gasteiger partial charge in [-0.25, -0.2) is 0 Å². The van der Waals surface area contributed by atoms with Crippen LogP contribution in [0.15, 0.2) is 18.5 Å². The van der Waals surface area contributed by atoms with Crippen molar-refractivity contribution in [1.29, 1.82) is 0 Å². The molecule has 1 atom stereocenters. The molecule has 0 aliphatic heterocycles. The second kappa shape index (κ2) is 4.93. The summed E-state index contributed by atoms with van der Waals surface area (Å²) in [7, 11) is 1.67. The smallest absolute Gasteiger partial charge is 0.323 e. The third-order valence-electron chi connectivity index (χ3n) is 2.65. The Labute approximate surface area is 89.1 Å². The highest BCUT2D eigenvalue weighted by molar-refractivity contribution is 5.78. The van der Waals surface area contributed by atoms with E-state index in [9.17, 15) is 4.79 Å². The van der Waals surface area contributed by atoms with E-state index in [1.54, 1.807) is 24.9 Å². The van der Waals surface area contributed by atoms with Crippen LogP contribution in [0.5, 0.6) is 0 Å². The lowest BCUT2D eigenvalue weighted by Crippen LogP contribution is -2.47. The summed E-state index contributed by atoms with van der Waals surface area (Å²) in [5.41, 5.74) is -0.840. The summed E-state index contributed by atoms with van der Waals surface area (Å²) in [6, 6.07) is 1.86. The number of likely N-dealkylation sites (N-methyl/N-ethyl adjacent to an activating group) is 1. The second-order valence-electron chi connectivity index (χ2n) is 3.76. The second-order valence-corrected chi connectivity index (χ2v) is 3.76. The minimum atomic E-state index is -0.840. The fourth-order valence-corrected chi connectivity index (χ4v) is 1.37. The van der Waals surface area contributed by atoms with Crippen LogP contribution in [-0.2, 0) is 11.3 Å². The zero-order chi connectivity index (χ0) is 11.3. The maximum atomic E-state index is 11.0. The standard InChI is InChI=1S/C10H17N3O2/c1-10(11-2,9(14)15)5-3-7-13-8-4-6-12-13/h4,6,8,11H,3,5,7H2,1-2H3,(H,14,15). The van der Waals surface area contributed by atoms with E-state index in [-0.39, 0.29) is 0 Å². The van der Waals surface area contributed by atoms with E-state index in [0.29, 0.717) is 6.42 Å². The average molecular weight is 211 g/mol. The van der Waals surface area contributed by atoms with Gasteiger partial charge in [0.15, 0.2) is 0 Å². The maximum absolute atomic E-state index is 11.0. The lowest BCUT2D eigenvalue weighted by atomic mass is 9.96. The number of aliphatic carboxylic acids is 1. The van der Waals surface area contributed by atoms with E-state index < -0.39 is 11.5 Å². The first-order valence-corrected chi connectivity index (χ1v) is 4.98. The van der Waals surface area contributed by atoms with E-state index in [2.05, 4.69) is 10.4 Å². The van der Waals surface area contributed by atoms with E-state index in [4.69, 9.17) is 5.11 Å². The number of hydrogen-bond donors (Lipinski definition) is 2. The highest BCUT2D eigenvalue weighted by Gasteiger charge is 2.30. The summed E-state index contributed by atoms with van der Waals surface area (Å²) >= 11 is 0. The number of nitrogens with one attached hydrogen (secondary N) is 1. The van der Waals surface area contributed by atoms with Crippen molar-refractivity contribution in [2.75, 3.05) is 7.05 Å². The lowest BCUT2D eigenvalue weighted by Gasteiger charge is -2.23. The molecule has 84 valence electrons. The fourth-order valence-electron chi connectivity index (χ4n) is 1.37. The average Bonchev–Trinajstić information content (AvgIpc) is 2.70. The third kappa shape index (κ3) is 3.06. The molecule has 0 bridgehead atoms. The molecule has 0 fully saturated rings. The molecule has 0 aliphatic carbocycles. The van der Waals surface area contributed by atoms with E-state index >= 15 is 0 Å². The zero-order valence-electron chi connectivity index (χ0n) is 9.10. The SMILES string of the molecule is CNC(C)(CCCn1cccn1)C(=O)O. The topological polar surface area (TPSA) is 67.2 Å². The minimum absolute atomic E-state index is 0.582. The molecule has 0 aliphatic rings. The summed E-state index contributed by atoms with van der Waals surface area (Å²) in [5, 5.41) is 15.9. The van der Waals surface area contributed by atoms with Gasteiger partial charge in [0, 0.05) is 18.9 Å². The fraction of sp³-hybridized carbons (Fsp3) is 0.600. The molecule has 1 unspecified atom stereocenters. The largest absolute Gasteiger partial charge is 0.480 e. The first kappa shape index (κ1) is 11.7. The molecule has 0 saturated carbocycles. The number of aromatic nitrogens is 2. The number of carboxylic acids is 1. The Morgan fingerprint density at radius 2 is 2.40 bits per heavy atom. The summed E-state index contributed by atoms with van der Waals surface area (Å²) < 4.78 is 1.80. The molecular weight excluding hydrogens is 194 g/mol. The molecule has 2 N–H and O–H groups in total. The van der Waals surface area contributed by atoms with Crippen molar-refractivity contribution in [2.24, 2.45) is 0 Å². The molecule has 0 amide bonds. The summed E-state index contributed by atoms with van der Waals surface area (Å²) in [4.78, 5) is 11.0. The van der Waals surface area contributed by atoms with Gasteiger partial charge >= 0.3 is 5.97 Å². The first-order valence-electron chi connectivity index (χ1n) is 4.98. The monoisotopic (exact) mass is 211 g/mol. The highest BCUT2D eigenvalue weighted by Crippen LogP contribution is 2.12. The van der Waals surface area contributed by atoms with Gasteiger partial charge in [-0.15, -0.1) is 0 Å². The van der Waals surface area contributed by atoms with Crippen LogP contribution in [0.25, 0.3) is 0 Å². The summed E-state index contributed by atoms with van der Waals surface area (Å²) in [6.45, 7) is 2.44. The van der Waals surface area contributed by atoms with E-state index in [1.807, 2.05) is 12.3 Å². The van der Waals surface area contributed by atoms with Crippen molar-refractivity contribution >= 4 is 5.97 Å². The molecule has 0 saturated heterocycles. The molecule has 5 heteroatoms. The van der Waals surface area contributed by atoms with Crippen LogP contribution in [0.4, 0.5) is 0 Å². The Bertz CT molecular complexity index is 310. The number of carbonyl (C=O) groups is 1. The molecule has 1 aromatic rings. The molecule has 0 radical (unpaired) electrons. The van der Waals surface area contributed by atoms with Gasteiger partial charge in [-0.3, -0.25) is 9.48 Å². The number of nitrogens with zero attached hydrogens (tertiary/aromatic N) is 2. The van der Waals surface area contributed by atoms with Gasteiger partial charge in [0.2, 0.25) is 0 Å². The predicted octanol–water partition coefficient (Wildman–Crippen LogP) is 0.726. The summed E-state index contributed by atoms with van der Waals surface area (Å²) in [6.07, 6.45) is 4.95. The van der Waals surface area contributed by atoms with E-state index in [1.165, 1.54) is 0 Å². The third-order valence-corrected chi connectivity index (χ3v) is 2.65. The van der Waals surface area contributed by atoms with Crippen LogP contribution in [0.1, 0.15) is 19.8 Å². The van der Waals surface area contributed by atoms with Gasteiger partial charge in [-0.05, 0) is 32.9 Å². The van der Waals surface area contributed by atoms with Crippen molar-refractivity contribution in [3.63, 3.8) is 0 Å². The lowest BCUT2D eigenvalue weighted by molar-refractivity contribution is -0.144. The number of carboxylic acid groups (broad SMARTS) is 1. The van der Waals surface area contributed by atoms with Gasteiger partial charge in [-0.1, -0.05) is 0 Å². The molecule has 0 aromatic carbocycles. The van der Waals surface area contributed by atoms with Gasteiger partial charge in [-0.2, -0.15) is 5.10 Å². The Hall–Kier alpha value is -1.36. The number of hydrogen-bond acceptors (Lipinski definition) is 3. The Morgan fingerprint density at radius 1 is 1.67 bits per heavy atom. The van der Waals surface area contributed by atoms with Crippen molar-refractivity contribution in [3.8, 4) is 0 Å². The van der Waals surface area contributed by atoms with Crippen molar-refractivity contribution in [1.82, 2.24) is 15.1 Å². The summed E-state index contributed by atoms with van der Waals surface area (Å²) in [5.74, 6) is -0.814. The first-order chi connectivity index (χ1) is 7.08. The van der Waals surface area contributed by atoms with Crippen LogP contribution in [0.3, 0.4) is 0 Å². The van der Waals surface area contributed by atoms with Crippen LogP contribution in [0.2, 0.25) is 0 Å². The van der Waals surface area contributed by atoms with Gasteiger partial charge in [0.1, 0.15) is 5.54 Å². The molecular formula is C10H17N3O2. The van der Waals surface area contributed by atoms with Crippen molar-refractivity contribution in [3.05, 3.63) is 18.5 Å². The quantitative estimate of drug-likeness (QED) is 0.727. The predicted molar refractivity (Wildman–Crippen MR) is 56.6 cm³/mol. The maximum Gasteiger partial charge on any atom is 0.323 e. The van der Waals surface area contributed by atoms with Crippen LogP contribution in [-0.4, -0.2) is 33.4 Å². The Balaban J connectivity index is 2.38. The molecule has 1 rings (SSSR count). The van der Waals surface area contributed by atoms with Crippen LogP contribution < -0.4 is 5.32 Å². The minimum Gasteiger partial charge on any atom is -0.480 e. The molecule has 15 heavy (non-hydrogen) atoms. The molecule has 0 spiro atoms. The van der Waals surface area contributed by atoms with Crippen molar-refractivity contribution < 1.29 is 9.90 Å². The number of rotatable bonds is 6. The highest BCUT2D eigenvalue weighted by atomic mass is 16.4. The molecule has 1 aromatic heterocycles. The van der Waals surface area contributed by atoms with Crippen molar-refractivity contribution in [2.45, 2.75) is 31.8 Å². The zero-order valence-corrected chi connectivity index (χ0v) is 9.10. The molecule has 1 heterocycles. The Kier molecular flexibility index (Phi) is 3.85. The van der Waals surface area contributed by atoms with Crippen LogP contribution >= 0.6 is 0 Å². The van der Waals surface area contributed by atoms with Crippen LogP contribution in [0, 0.1) is 0 Å². The number of aryl methyl sites for hydroxylation is 1. The Morgan fingerprint density at radius 3 is 2.87 bits per heavy atom.